The van der Waals surface area contributed by atoms with E-state index in [1.54, 1.807) is 18.9 Å². The Morgan fingerprint density at radius 1 is 1.30 bits per heavy atom. The van der Waals surface area contributed by atoms with Gasteiger partial charge in [0.15, 0.2) is 5.17 Å². The number of unbranched alkanes of at least 4 members (excludes halogenated alkanes) is 1. The third-order valence-corrected chi connectivity index (χ3v) is 6.71. The largest absolute Gasteiger partial charge is 0.481 e. The number of ether oxygens (including phenoxy) is 1. The average Bonchev–Trinajstić information content (AvgIpc) is 3.08. The molecular weight excluding hydrogens is 446 g/mol. The summed E-state index contributed by atoms with van der Waals surface area (Å²) in [7, 11) is 1.63. The van der Waals surface area contributed by atoms with Crippen LogP contribution in [0.3, 0.4) is 0 Å². The molecule has 0 bridgehead atoms. The number of rotatable bonds is 10. The molecule has 0 saturated carbocycles. The SMILES string of the molecule is COCC1=C(C(=O)Nc2ccc(SCCCCC(=O)O)cc2)SC2=NCCCN21.Cl. The van der Waals surface area contributed by atoms with Gasteiger partial charge in [0.25, 0.3) is 5.91 Å². The summed E-state index contributed by atoms with van der Waals surface area (Å²) in [6.07, 6.45) is 2.74. The second kappa shape index (κ2) is 12.2. The highest BCUT2D eigenvalue weighted by molar-refractivity contribution is 8.18. The third-order valence-electron chi connectivity index (χ3n) is 4.45. The van der Waals surface area contributed by atoms with Crippen LogP contribution < -0.4 is 5.32 Å². The van der Waals surface area contributed by atoms with Gasteiger partial charge in [0.05, 0.1) is 12.3 Å². The summed E-state index contributed by atoms with van der Waals surface area (Å²) in [5.41, 5.74) is 1.61. The van der Waals surface area contributed by atoms with Gasteiger partial charge >= 0.3 is 5.97 Å². The molecule has 0 saturated heterocycles. The molecule has 0 fully saturated rings. The Bertz CT molecular complexity index is 815. The number of aliphatic imine (C=N–C) groups is 1. The highest BCUT2D eigenvalue weighted by Gasteiger charge is 2.34. The zero-order chi connectivity index (χ0) is 20.6. The van der Waals surface area contributed by atoms with E-state index < -0.39 is 5.97 Å². The molecule has 30 heavy (non-hydrogen) atoms. The van der Waals surface area contributed by atoms with Crippen LogP contribution in [0.5, 0.6) is 0 Å². The van der Waals surface area contributed by atoms with Gasteiger partial charge in [-0.2, -0.15) is 0 Å². The topological polar surface area (TPSA) is 91.2 Å². The Labute approximate surface area is 191 Å². The van der Waals surface area contributed by atoms with Gasteiger partial charge in [-0.05, 0) is 61.0 Å². The van der Waals surface area contributed by atoms with Crippen LogP contribution in [0.1, 0.15) is 25.7 Å². The predicted molar refractivity (Wildman–Crippen MR) is 125 cm³/mol. The number of methoxy groups -OCH3 is 1. The van der Waals surface area contributed by atoms with Crippen molar-refractivity contribution in [3.63, 3.8) is 0 Å². The molecule has 0 aliphatic carbocycles. The molecule has 2 N–H and O–H groups in total. The number of benzene rings is 1. The normalized spacial score (nSPS) is 15.4. The molecule has 7 nitrogen and oxygen atoms in total. The summed E-state index contributed by atoms with van der Waals surface area (Å²) in [6, 6.07) is 7.71. The van der Waals surface area contributed by atoms with Crippen LogP contribution in [0.15, 0.2) is 44.8 Å². The third kappa shape index (κ3) is 6.66. The minimum atomic E-state index is -0.748. The van der Waals surface area contributed by atoms with Gasteiger partial charge in [-0.3, -0.25) is 14.6 Å². The number of aliphatic carboxylic acids is 1. The Morgan fingerprint density at radius 3 is 2.77 bits per heavy atom. The van der Waals surface area contributed by atoms with E-state index in [1.165, 1.54) is 11.8 Å². The van der Waals surface area contributed by atoms with Gasteiger partial charge in [-0.1, -0.05) is 0 Å². The summed E-state index contributed by atoms with van der Waals surface area (Å²) >= 11 is 3.10. The maximum Gasteiger partial charge on any atom is 0.303 e. The predicted octanol–water partition coefficient (Wildman–Crippen LogP) is 4.06. The quantitative estimate of drug-likeness (QED) is 0.392. The first-order valence-electron chi connectivity index (χ1n) is 9.56. The van der Waals surface area contributed by atoms with Gasteiger partial charge in [0.1, 0.15) is 4.91 Å². The number of amides is 1. The number of carboxylic acids is 1. The van der Waals surface area contributed by atoms with E-state index in [1.807, 2.05) is 24.3 Å². The van der Waals surface area contributed by atoms with Crippen LogP contribution in [0.2, 0.25) is 0 Å². The summed E-state index contributed by atoms with van der Waals surface area (Å²) in [6.45, 7) is 2.04. The number of carbonyl (C=O) groups is 2. The highest BCUT2D eigenvalue weighted by Crippen LogP contribution is 2.37. The fraction of sp³-hybridized carbons (Fsp3) is 0.450. The van der Waals surface area contributed by atoms with Gasteiger partial charge in [0, 0.05) is 37.2 Å². The first kappa shape index (κ1) is 24.6. The fourth-order valence-corrected chi connectivity index (χ4v) is 5.04. The maximum atomic E-state index is 12.8. The van der Waals surface area contributed by atoms with Crippen LogP contribution in [0, 0.1) is 0 Å². The Kier molecular flexibility index (Phi) is 10.0. The lowest BCUT2D eigenvalue weighted by Crippen LogP contribution is -2.31. The van der Waals surface area contributed by atoms with Gasteiger partial charge in [-0.25, -0.2) is 0 Å². The summed E-state index contributed by atoms with van der Waals surface area (Å²) in [4.78, 5) is 31.7. The molecular formula is C20H26ClN3O4S2. The minimum Gasteiger partial charge on any atom is -0.481 e. The Hall–Kier alpha value is -1.68. The van der Waals surface area contributed by atoms with E-state index in [2.05, 4.69) is 15.2 Å². The second-order valence-corrected chi connectivity index (χ2v) is 8.80. The summed E-state index contributed by atoms with van der Waals surface area (Å²) in [5, 5.41) is 12.5. The van der Waals surface area contributed by atoms with Crippen LogP contribution >= 0.6 is 35.9 Å². The van der Waals surface area contributed by atoms with Gasteiger partial charge < -0.3 is 20.1 Å². The Balaban J connectivity index is 0.00000320. The number of nitrogens with one attached hydrogen (secondary N) is 1. The first-order valence-corrected chi connectivity index (χ1v) is 11.4. The molecule has 10 heteroatoms. The smallest absolute Gasteiger partial charge is 0.303 e. The van der Waals surface area contributed by atoms with E-state index in [0.29, 0.717) is 17.9 Å². The first-order chi connectivity index (χ1) is 14.1. The summed E-state index contributed by atoms with van der Waals surface area (Å²) < 4.78 is 5.31. The van der Waals surface area contributed by atoms with Gasteiger partial charge in [-0.15, -0.1) is 24.2 Å². The van der Waals surface area contributed by atoms with Crippen molar-refractivity contribution in [1.29, 1.82) is 0 Å². The molecule has 3 rings (SSSR count). The lowest BCUT2D eigenvalue weighted by molar-refractivity contribution is -0.137. The number of fused-ring (bicyclic) bond motifs is 1. The zero-order valence-electron chi connectivity index (χ0n) is 16.8. The molecule has 1 aromatic carbocycles. The number of amidine groups is 1. The summed E-state index contributed by atoms with van der Waals surface area (Å²) in [5.74, 6) is -0.0171. The van der Waals surface area contributed by atoms with Crippen LogP contribution in [0.25, 0.3) is 0 Å². The number of nitrogens with zero attached hydrogens (tertiary/aromatic N) is 2. The van der Waals surface area contributed by atoms with Crippen molar-refractivity contribution in [3.8, 4) is 0 Å². The lowest BCUT2D eigenvalue weighted by Gasteiger charge is -2.24. The number of halogens is 1. The monoisotopic (exact) mass is 471 g/mol. The molecule has 0 radical (unpaired) electrons. The average molecular weight is 472 g/mol. The molecule has 2 heterocycles. The van der Waals surface area contributed by atoms with E-state index >= 15 is 0 Å². The number of carboxylic acid groups (broad SMARTS) is 1. The molecule has 2 aliphatic rings. The van der Waals surface area contributed by atoms with Crippen LogP contribution in [-0.4, -0.2) is 59.6 Å². The molecule has 164 valence electrons. The number of anilines is 1. The highest BCUT2D eigenvalue weighted by atomic mass is 35.5. The van der Waals surface area contributed by atoms with Crippen molar-refractivity contribution in [2.24, 2.45) is 4.99 Å². The number of carbonyl (C=O) groups excluding carboxylic acids is 1. The number of thioether (sulfide) groups is 2. The Morgan fingerprint density at radius 2 is 2.07 bits per heavy atom. The van der Waals surface area contributed by atoms with E-state index in [9.17, 15) is 9.59 Å². The van der Waals surface area contributed by atoms with Crippen molar-refractivity contribution in [1.82, 2.24) is 4.90 Å². The molecule has 0 atom stereocenters. The standard InChI is InChI=1S/C20H25N3O4S2.ClH/c1-27-13-16-18(29-20-21-10-4-11-23(16)20)19(26)22-14-6-8-15(9-7-14)28-12-3-2-5-17(24)25;/h6-9H,2-5,10-13H2,1H3,(H,22,26)(H,24,25);1H. The zero-order valence-corrected chi connectivity index (χ0v) is 19.2. The van der Waals surface area contributed by atoms with Crippen LogP contribution in [0.4, 0.5) is 5.69 Å². The van der Waals surface area contributed by atoms with Crippen LogP contribution in [-0.2, 0) is 14.3 Å². The fourth-order valence-electron chi connectivity index (χ4n) is 3.04. The lowest BCUT2D eigenvalue weighted by atomic mass is 10.2. The molecule has 1 aromatic rings. The maximum absolute atomic E-state index is 12.8. The van der Waals surface area contributed by atoms with Gasteiger partial charge in [0.2, 0.25) is 0 Å². The van der Waals surface area contributed by atoms with Crippen molar-refractivity contribution >= 4 is 58.7 Å². The van der Waals surface area contributed by atoms with E-state index in [-0.39, 0.29) is 24.7 Å². The van der Waals surface area contributed by atoms with E-state index in [0.717, 1.165) is 53.1 Å². The number of hydrogen-bond acceptors (Lipinski definition) is 7. The van der Waals surface area contributed by atoms with Crippen molar-refractivity contribution in [2.45, 2.75) is 30.6 Å². The van der Waals surface area contributed by atoms with Crippen molar-refractivity contribution < 1.29 is 19.4 Å². The molecule has 1 amide bonds. The minimum absolute atomic E-state index is 0. The molecule has 0 spiro atoms. The molecule has 2 aliphatic heterocycles. The molecule has 0 aromatic heterocycles. The van der Waals surface area contributed by atoms with E-state index in [4.69, 9.17) is 9.84 Å². The van der Waals surface area contributed by atoms with Crippen molar-refractivity contribution in [3.05, 3.63) is 34.9 Å². The second-order valence-electron chi connectivity index (χ2n) is 6.66. The van der Waals surface area contributed by atoms with Crippen molar-refractivity contribution in [2.75, 3.05) is 37.9 Å². The molecule has 0 unspecified atom stereocenters. The number of hydrogen-bond donors (Lipinski definition) is 2.